The van der Waals surface area contributed by atoms with E-state index in [0.717, 1.165) is 31.4 Å². The number of rotatable bonds is 5. The van der Waals surface area contributed by atoms with E-state index in [2.05, 4.69) is 0 Å². The molecule has 0 radical (unpaired) electrons. The third-order valence-corrected chi connectivity index (χ3v) is 4.55. The molecule has 0 bridgehead atoms. The summed E-state index contributed by atoms with van der Waals surface area (Å²) in [6, 6.07) is 1.87. The van der Waals surface area contributed by atoms with Crippen LogP contribution >= 0.6 is 11.6 Å². The average molecular weight is 335 g/mol. The number of amides is 1. The Morgan fingerprint density at radius 3 is 2.57 bits per heavy atom. The van der Waals surface area contributed by atoms with Crippen LogP contribution < -0.4 is 5.14 Å². The van der Waals surface area contributed by atoms with Gasteiger partial charge in [-0.1, -0.05) is 18.5 Å². The molecule has 1 saturated carbocycles. The molecule has 21 heavy (non-hydrogen) atoms. The van der Waals surface area contributed by atoms with Crippen LogP contribution in [0, 0.1) is 5.82 Å². The molecule has 5 nitrogen and oxygen atoms in total. The third-order valence-electron chi connectivity index (χ3n) is 3.27. The van der Waals surface area contributed by atoms with Crippen molar-refractivity contribution in [3.05, 3.63) is 28.5 Å². The Morgan fingerprint density at radius 1 is 1.48 bits per heavy atom. The number of nitrogens with zero attached hydrogens (tertiary/aromatic N) is 1. The van der Waals surface area contributed by atoms with Gasteiger partial charge in [-0.05, 0) is 31.4 Å². The first kappa shape index (κ1) is 16.2. The molecule has 1 amide bonds. The minimum absolute atomic E-state index is 0.120. The lowest BCUT2D eigenvalue weighted by atomic mass is 10.1. The number of sulfonamides is 1. The fourth-order valence-corrected chi connectivity index (χ4v) is 2.86. The number of halogens is 2. The highest BCUT2D eigenvalue weighted by atomic mass is 35.5. The number of carbonyl (C=O) groups is 1. The topological polar surface area (TPSA) is 80.5 Å². The summed E-state index contributed by atoms with van der Waals surface area (Å²) >= 11 is 5.82. The first-order valence-corrected chi connectivity index (χ1v) is 8.51. The SMILES string of the molecule is CCCN(C(=O)c1cc(S(N)(=O)=O)cc(F)c1Cl)C1CC1. The van der Waals surface area contributed by atoms with Crippen LogP contribution in [0.1, 0.15) is 36.5 Å². The fourth-order valence-electron chi connectivity index (χ4n) is 2.12. The zero-order valence-electron chi connectivity index (χ0n) is 11.5. The summed E-state index contributed by atoms with van der Waals surface area (Å²) in [6.45, 7) is 2.44. The number of hydrogen-bond donors (Lipinski definition) is 1. The van der Waals surface area contributed by atoms with E-state index in [1.807, 2.05) is 6.92 Å². The zero-order chi connectivity index (χ0) is 15.8. The lowest BCUT2D eigenvalue weighted by molar-refractivity contribution is 0.0742. The second kappa shape index (κ2) is 5.90. The van der Waals surface area contributed by atoms with Crippen LogP contribution in [0.3, 0.4) is 0 Å². The average Bonchev–Trinajstić information content (AvgIpc) is 3.21. The van der Waals surface area contributed by atoms with E-state index in [1.54, 1.807) is 4.90 Å². The number of carbonyl (C=O) groups excluding carboxylic acids is 1. The van der Waals surface area contributed by atoms with Crippen molar-refractivity contribution in [2.24, 2.45) is 5.14 Å². The molecule has 0 atom stereocenters. The molecular weight excluding hydrogens is 319 g/mol. The van der Waals surface area contributed by atoms with Crippen molar-refractivity contribution >= 4 is 27.5 Å². The summed E-state index contributed by atoms with van der Waals surface area (Å²) in [7, 11) is -4.11. The maximum atomic E-state index is 13.8. The molecule has 1 aromatic rings. The first-order chi connectivity index (χ1) is 9.75. The van der Waals surface area contributed by atoms with Gasteiger partial charge in [0.25, 0.3) is 5.91 Å². The Morgan fingerprint density at radius 2 is 2.10 bits per heavy atom. The van der Waals surface area contributed by atoms with Crippen molar-refractivity contribution < 1.29 is 17.6 Å². The highest BCUT2D eigenvalue weighted by Gasteiger charge is 2.34. The second-order valence-corrected chi connectivity index (χ2v) is 6.98. The minimum atomic E-state index is -4.11. The Kier molecular flexibility index (Phi) is 4.55. The maximum absolute atomic E-state index is 13.8. The molecule has 0 spiro atoms. The van der Waals surface area contributed by atoms with E-state index in [4.69, 9.17) is 16.7 Å². The molecule has 1 aromatic carbocycles. The monoisotopic (exact) mass is 334 g/mol. The number of primary sulfonamides is 1. The molecule has 116 valence electrons. The van der Waals surface area contributed by atoms with E-state index < -0.39 is 26.6 Å². The van der Waals surface area contributed by atoms with Crippen molar-refractivity contribution in [1.82, 2.24) is 4.90 Å². The van der Waals surface area contributed by atoms with Crippen LogP contribution in [-0.2, 0) is 10.0 Å². The van der Waals surface area contributed by atoms with Crippen LogP contribution in [0.4, 0.5) is 4.39 Å². The minimum Gasteiger partial charge on any atom is -0.336 e. The molecule has 0 aliphatic heterocycles. The summed E-state index contributed by atoms with van der Waals surface area (Å²) in [4.78, 5) is 13.7. The Bertz CT molecular complexity index is 674. The van der Waals surface area contributed by atoms with E-state index >= 15 is 0 Å². The second-order valence-electron chi connectivity index (χ2n) is 5.04. The standard InChI is InChI=1S/C13H16ClFN2O3S/c1-2-5-17(8-3-4-8)13(18)10-6-9(21(16,19)20)7-11(15)12(10)14/h6-8H,2-5H2,1H3,(H2,16,19,20). The molecule has 2 N–H and O–H groups in total. The van der Waals surface area contributed by atoms with Crippen molar-refractivity contribution in [3.63, 3.8) is 0 Å². The number of hydrogen-bond acceptors (Lipinski definition) is 3. The summed E-state index contributed by atoms with van der Waals surface area (Å²) < 4.78 is 36.5. The molecular formula is C13H16ClFN2O3S. The Balaban J connectivity index is 2.46. The molecule has 8 heteroatoms. The van der Waals surface area contributed by atoms with E-state index in [9.17, 15) is 17.6 Å². The van der Waals surface area contributed by atoms with Gasteiger partial charge in [0.1, 0.15) is 5.82 Å². The van der Waals surface area contributed by atoms with Gasteiger partial charge in [0.2, 0.25) is 10.0 Å². The van der Waals surface area contributed by atoms with Crippen LogP contribution in [0.25, 0.3) is 0 Å². The highest BCUT2D eigenvalue weighted by molar-refractivity contribution is 7.89. The van der Waals surface area contributed by atoms with Crippen molar-refractivity contribution in [1.29, 1.82) is 0 Å². The maximum Gasteiger partial charge on any atom is 0.255 e. The molecule has 0 heterocycles. The van der Waals surface area contributed by atoms with Gasteiger partial charge in [0.05, 0.1) is 15.5 Å². The van der Waals surface area contributed by atoms with Gasteiger partial charge in [-0.3, -0.25) is 4.79 Å². The lowest BCUT2D eigenvalue weighted by Crippen LogP contribution is -2.34. The highest BCUT2D eigenvalue weighted by Crippen LogP contribution is 2.31. The van der Waals surface area contributed by atoms with Crippen LogP contribution in [0.2, 0.25) is 5.02 Å². The number of nitrogens with two attached hydrogens (primary N) is 1. The van der Waals surface area contributed by atoms with Crippen LogP contribution in [-0.4, -0.2) is 31.8 Å². The Hall–Kier alpha value is -1.18. The summed E-state index contributed by atoms with van der Waals surface area (Å²) in [5, 5.41) is 4.61. The van der Waals surface area contributed by atoms with Crippen molar-refractivity contribution in [3.8, 4) is 0 Å². The van der Waals surface area contributed by atoms with Crippen molar-refractivity contribution in [2.45, 2.75) is 37.1 Å². The summed E-state index contributed by atoms with van der Waals surface area (Å²) in [5.74, 6) is -1.44. The summed E-state index contributed by atoms with van der Waals surface area (Å²) in [5.41, 5.74) is -0.166. The first-order valence-electron chi connectivity index (χ1n) is 6.58. The predicted molar refractivity (Wildman–Crippen MR) is 77.1 cm³/mol. The molecule has 0 aromatic heterocycles. The molecule has 0 unspecified atom stereocenters. The van der Waals surface area contributed by atoms with Gasteiger partial charge >= 0.3 is 0 Å². The largest absolute Gasteiger partial charge is 0.336 e. The molecule has 1 aliphatic carbocycles. The fraction of sp³-hybridized carbons (Fsp3) is 0.462. The molecule has 1 aliphatic rings. The summed E-state index contributed by atoms with van der Waals surface area (Å²) in [6.07, 6.45) is 2.53. The molecule has 0 saturated heterocycles. The smallest absolute Gasteiger partial charge is 0.255 e. The third kappa shape index (κ3) is 3.53. The van der Waals surface area contributed by atoms with Gasteiger partial charge in [-0.25, -0.2) is 17.9 Å². The van der Waals surface area contributed by atoms with Gasteiger partial charge < -0.3 is 4.90 Å². The van der Waals surface area contributed by atoms with Crippen molar-refractivity contribution in [2.75, 3.05) is 6.54 Å². The van der Waals surface area contributed by atoms with Gasteiger partial charge in [0, 0.05) is 12.6 Å². The Labute approximate surface area is 127 Å². The van der Waals surface area contributed by atoms with E-state index in [1.165, 1.54) is 0 Å². The lowest BCUT2D eigenvalue weighted by Gasteiger charge is -2.22. The number of benzene rings is 1. The normalized spacial score (nSPS) is 15.0. The van der Waals surface area contributed by atoms with Crippen LogP contribution in [0.5, 0.6) is 0 Å². The van der Waals surface area contributed by atoms with Gasteiger partial charge in [-0.2, -0.15) is 0 Å². The van der Waals surface area contributed by atoms with Crippen LogP contribution in [0.15, 0.2) is 17.0 Å². The van der Waals surface area contributed by atoms with E-state index in [0.29, 0.717) is 6.54 Å². The van der Waals surface area contributed by atoms with E-state index in [-0.39, 0.29) is 16.6 Å². The van der Waals surface area contributed by atoms with Gasteiger partial charge in [-0.15, -0.1) is 0 Å². The zero-order valence-corrected chi connectivity index (χ0v) is 13.0. The quantitative estimate of drug-likeness (QED) is 0.895. The molecule has 2 rings (SSSR count). The molecule has 1 fully saturated rings. The predicted octanol–water partition coefficient (Wildman–Crippen LogP) is 2.14. The van der Waals surface area contributed by atoms with Gasteiger partial charge in [0.15, 0.2) is 0 Å².